The molecule has 2 aliphatic heterocycles. The zero-order chi connectivity index (χ0) is 21.7. The highest BCUT2D eigenvalue weighted by Crippen LogP contribution is 2.21. The van der Waals surface area contributed by atoms with Gasteiger partial charge in [0.05, 0.1) is 4.90 Å². The molecule has 168 valence electrons. The molecule has 6 nitrogen and oxygen atoms in total. The number of thiophene rings is 1. The highest BCUT2D eigenvalue weighted by Gasteiger charge is 2.27. The Hall–Kier alpha value is -1.74. The first kappa shape index (κ1) is 22.5. The second-order valence-corrected chi connectivity index (χ2v) is 11.3. The van der Waals surface area contributed by atoms with Crippen LogP contribution in [0.25, 0.3) is 0 Å². The molecule has 8 heteroatoms. The van der Waals surface area contributed by atoms with Crippen LogP contribution in [0.4, 0.5) is 0 Å². The molecule has 0 bridgehead atoms. The summed E-state index contributed by atoms with van der Waals surface area (Å²) < 4.78 is 26.8. The van der Waals surface area contributed by atoms with Gasteiger partial charge in [-0.25, -0.2) is 8.42 Å². The van der Waals surface area contributed by atoms with Crippen LogP contribution in [-0.4, -0.2) is 74.2 Å². The summed E-state index contributed by atoms with van der Waals surface area (Å²) in [5.74, 6) is 0.187. The molecule has 3 heterocycles. The number of sulfonamides is 1. The molecule has 31 heavy (non-hydrogen) atoms. The van der Waals surface area contributed by atoms with Crippen molar-refractivity contribution in [3.63, 3.8) is 0 Å². The first-order valence-electron chi connectivity index (χ1n) is 11.1. The number of hydrogen-bond donors (Lipinski definition) is 0. The molecule has 4 rings (SSSR count). The molecule has 0 spiro atoms. The zero-order valence-electron chi connectivity index (χ0n) is 17.9. The Labute approximate surface area is 189 Å². The molecule has 2 saturated heterocycles. The van der Waals surface area contributed by atoms with Crippen LogP contribution in [0, 0.1) is 0 Å². The van der Waals surface area contributed by atoms with Gasteiger partial charge in [0.25, 0.3) is 0 Å². The summed E-state index contributed by atoms with van der Waals surface area (Å²) >= 11 is 1.80. The largest absolute Gasteiger partial charge is 0.340 e. The van der Waals surface area contributed by atoms with Crippen LogP contribution in [0.5, 0.6) is 0 Å². The lowest BCUT2D eigenvalue weighted by Gasteiger charge is -2.34. The molecule has 0 radical (unpaired) electrons. The Morgan fingerprint density at radius 3 is 2.26 bits per heavy atom. The van der Waals surface area contributed by atoms with Crippen molar-refractivity contribution in [3.05, 3.63) is 52.2 Å². The normalized spacial score (nSPS) is 18.5. The van der Waals surface area contributed by atoms with Crippen molar-refractivity contribution >= 4 is 27.3 Å². The zero-order valence-corrected chi connectivity index (χ0v) is 19.5. The number of aryl methyl sites for hydroxylation is 1. The third-order valence-corrected chi connectivity index (χ3v) is 9.08. The average molecular weight is 462 g/mol. The summed E-state index contributed by atoms with van der Waals surface area (Å²) in [6.45, 7) is 5.71. The van der Waals surface area contributed by atoms with Crippen LogP contribution < -0.4 is 0 Å². The molecule has 1 aromatic carbocycles. The van der Waals surface area contributed by atoms with E-state index in [1.54, 1.807) is 27.8 Å². The summed E-state index contributed by atoms with van der Waals surface area (Å²) in [4.78, 5) is 18.8. The number of nitrogens with zero attached hydrogens (tertiary/aromatic N) is 3. The van der Waals surface area contributed by atoms with Crippen LogP contribution in [-0.2, 0) is 27.7 Å². The van der Waals surface area contributed by atoms with Crippen LogP contribution in [0.15, 0.2) is 46.7 Å². The lowest BCUT2D eigenvalue weighted by molar-refractivity contribution is -0.132. The molecular weight excluding hydrogens is 430 g/mol. The molecule has 0 atom stereocenters. The third-order valence-electron chi connectivity index (χ3n) is 6.23. The Morgan fingerprint density at radius 2 is 1.61 bits per heavy atom. The van der Waals surface area contributed by atoms with E-state index < -0.39 is 10.0 Å². The van der Waals surface area contributed by atoms with Gasteiger partial charge in [-0.2, -0.15) is 4.31 Å². The summed E-state index contributed by atoms with van der Waals surface area (Å²) in [5.41, 5.74) is 1.00. The summed E-state index contributed by atoms with van der Waals surface area (Å²) in [7, 11) is -3.37. The maximum absolute atomic E-state index is 12.6. The van der Waals surface area contributed by atoms with Gasteiger partial charge < -0.3 is 4.90 Å². The van der Waals surface area contributed by atoms with Crippen molar-refractivity contribution in [1.82, 2.24) is 14.1 Å². The molecule has 0 aliphatic carbocycles. The maximum Gasteiger partial charge on any atom is 0.243 e. The van der Waals surface area contributed by atoms with Crippen molar-refractivity contribution in [2.45, 2.75) is 37.0 Å². The van der Waals surface area contributed by atoms with Gasteiger partial charge in [0.2, 0.25) is 15.9 Å². The molecule has 0 N–H and O–H groups in total. The molecule has 1 amide bonds. The van der Waals surface area contributed by atoms with Gasteiger partial charge in [0, 0.05) is 57.1 Å². The van der Waals surface area contributed by atoms with Gasteiger partial charge in [0.15, 0.2) is 0 Å². The quantitative estimate of drug-likeness (QED) is 0.607. The second kappa shape index (κ2) is 10.3. The van der Waals surface area contributed by atoms with Crippen molar-refractivity contribution in [3.8, 4) is 0 Å². The number of hydrogen-bond acceptors (Lipinski definition) is 5. The van der Waals surface area contributed by atoms with Crippen LogP contribution >= 0.6 is 11.3 Å². The fourth-order valence-corrected chi connectivity index (χ4v) is 6.47. The molecule has 2 aromatic rings. The number of amides is 1. The average Bonchev–Trinajstić information content (AvgIpc) is 3.51. The Balaban J connectivity index is 1.21. The van der Waals surface area contributed by atoms with Crippen molar-refractivity contribution in [2.75, 3.05) is 45.8 Å². The fraction of sp³-hybridized carbons (Fsp3) is 0.522. The fourth-order valence-electron chi connectivity index (χ4n) is 4.26. The van der Waals surface area contributed by atoms with E-state index >= 15 is 0 Å². The molecule has 2 aliphatic rings. The SMILES string of the molecule is O=C(CCc1ccc(S(=O)(=O)N2CCCC2)cc1)N1CCN(CCc2cccs2)CC1. The minimum atomic E-state index is -3.37. The maximum atomic E-state index is 12.6. The van der Waals surface area contributed by atoms with E-state index in [9.17, 15) is 13.2 Å². The van der Waals surface area contributed by atoms with E-state index in [1.165, 1.54) is 4.88 Å². The minimum Gasteiger partial charge on any atom is -0.340 e. The molecule has 0 unspecified atom stereocenters. The molecule has 1 aromatic heterocycles. The van der Waals surface area contributed by atoms with E-state index in [2.05, 4.69) is 22.4 Å². The number of benzene rings is 1. The van der Waals surface area contributed by atoms with E-state index in [4.69, 9.17) is 0 Å². The Kier molecular flexibility index (Phi) is 7.43. The van der Waals surface area contributed by atoms with Crippen molar-refractivity contribution < 1.29 is 13.2 Å². The minimum absolute atomic E-state index is 0.187. The van der Waals surface area contributed by atoms with Gasteiger partial charge in [0.1, 0.15) is 0 Å². The van der Waals surface area contributed by atoms with Crippen molar-refractivity contribution in [1.29, 1.82) is 0 Å². The smallest absolute Gasteiger partial charge is 0.243 e. The van der Waals surface area contributed by atoms with Crippen LogP contribution in [0.3, 0.4) is 0 Å². The first-order valence-corrected chi connectivity index (χ1v) is 13.5. The Morgan fingerprint density at radius 1 is 0.903 bits per heavy atom. The highest BCUT2D eigenvalue weighted by molar-refractivity contribution is 7.89. The first-order chi connectivity index (χ1) is 15.0. The van der Waals surface area contributed by atoms with Gasteiger partial charge in [-0.15, -0.1) is 11.3 Å². The van der Waals surface area contributed by atoms with Crippen molar-refractivity contribution in [2.24, 2.45) is 0 Å². The number of carbonyl (C=O) groups excluding carboxylic acids is 1. The second-order valence-electron chi connectivity index (χ2n) is 8.31. The number of piperazine rings is 1. The number of rotatable bonds is 8. The van der Waals surface area contributed by atoms with E-state index in [-0.39, 0.29) is 5.91 Å². The predicted molar refractivity (Wildman–Crippen MR) is 124 cm³/mol. The van der Waals surface area contributed by atoms with E-state index in [0.717, 1.165) is 57.5 Å². The van der Waals surface area contributed by atoms with Gasteiger partial charge >= 0.3 is 0 Å². The van der Waals surface area contributed by atoms with Crippen LogP contribution in [0.1, 0.15) is 29.7 Å². The van der Waals surface area contributed by atoms with E-state index in [1.807, 2.05) is 17.0 Å². The molecule has 2 fully saturated rings. The Bertz CT molecular complexity index is 944. The van der Waals surface area contributed by atoms with Gasteiger partial charge in [-0.05, 0) is 54.8 Å². The number of carbonyl (C=O) groups is 1. The topological polar surface area (TPSA) is 60.9 Å². The standard InChI is InChI=1S/C23H31N3O3S2/c27-23(25-17-15-24(16-18-25)14-11-21-4-3-19-30-21)10-7-20-5-8-22(9-6-20)31(28,29)26-12-1-2-13-26/h3-6,8-9,19H,1-2,7,10-18H2. The lowest BCUT2D eigenvalue weighted by Crippen LogP contribution is -2.49. The third kappa shape index (κ3) is 5.74. The molecular formula is C23H31N3O3S2. The van der Waals surface area contributed by atoms with Crippen LogP contribution in [0.2, 0.25) is 0 Å². The molecule has 0 saturated carbocycles. The van der Waals surface area contributed by atoms with Gasteiger partial charge in [-0.1, -0.05) is 18.2 Å². The van der Waals surface area contributed by atoms with E-state index in [0.29, 0.717) is 30.8 Å². The summed E-state index contributed by atoms with van der Waals surface area (Å²) in [6, 6.07) is 11.3. The lowest BCUT2D eigenvalue weighted by atomic mass is 10.1. The monoisotopic (exact) mass is 461 g/mol. The predicted octanol–water partition coefficient (Wildman–Crippen LogP) is 2.85. The van der Waals surface area contributed by atoms with Gasteiger partial charge in [-0.3, -0.25) is 9.69 Å². The highest BCUT2D eigenvalue weighted by atomic mass is 32.2. The summed E-state index contributed by atoms with van der Waals surface area (Å²) in [6.07, 6.45) is 4.05. The summed E-state index contributed by atoms with van der Waals surface area (Å²) in [5, 5.41) is 2.12.